The Morgan fingerprint density at radius 3 is 2.42 bits per heavy atom. The zero-order valence-corrected chi connectivity index (χ0v) is 18.6. The average Bonchev–Trinajstić information content (AvgIpc) is 3.30. The van der Waals surface area contributed by atoms with E-state index in [1.54, 1.807) is 35.6 Å². The van der Waals surface area contributed by atoms with Gasteiger partial charge in [-0.3, -0.25) is 0 Å². The number of rotatable bonds is 8. The van der Waals surface area contributed by atoms with Crippen LogP contribution in [0.25, 0.3) is 21.8 Å². The molecule has 3 aromatic carbocycles. The zero-order valence-electron chi connectivity index (χ0n) is 17.0. The van der Waals surface area contributed by atoms with E-state index in [2.05, 4.69) is 4.72 Å². The first-order valence-corrected chi connectivity index (χ1v) is 12.2. The molecule has 0 bridgehead atoms. The van der Waals surface area contributed by atoms with Crippen LogP contribution in [0.3, 0.4) is 0 Å². The highest BCUT2D eigenvalue weighted by molar-refractivity contribution is 7.89. The first kappa shape index (κ1) is 21.2. The van der Waals surface area contributed by atoms with Gasteiger partial charge in [-0.1, -0.05) is 48.5 Å². The molecule has 5 nitrogen and oxygen atoms in total. The summed E-state index contributed by atoms with van der Waals surface area (Å²) >= 11 is 1.57. The van der Waals surface area contributed by atoms with E-state index in [0.29, 0.717) is 12.4 Å². The molecule has 31 heavy (non-hydrogen) atoms. The van der Waals surface area contributed by atoms with E-state index in [1.165, 1.54) is 0 Å². The van der Waals surface area contributed by atoms with E-state index >= 15 is 0 Å². The third kappa shape index (κ3) is 5.19. The number of nitrogens with zero attached hydrogens (tertiary/aromatic N) is 1. The van der Waals surface area contributed by atoms with E-state index < -0.39 is 10.0 Å². The lowest BCUT2D eigenvalue weighted by Crippen LogP contribution is -2.23. The number of hydrogen-bond donors (Lipinski definition) is 1. The van der Waals surface area contributed by atoms with E-state index in [0.717, 1.165) is 27.4 Å². The van der Waals surface area contributed by atoms with Crippen LogP contribution in [0.5, 0.6) is 5.75 Å². The zero-order chi connectivity index (χ0) is 21.7. The lowest BCUT2D eigenvalue weighted by molar-refractivity contribution is 0.340. The summed E-state index contributed by atoms with van der Waals surface area (Å²) < 4.78 is 33.3. The second-order valence-electron chi connectivity index (χ2n) is 6.83. The summed E-state index contributed by atoms with van der Waals surface area (Å²) in [4.78, 5) is 4.95. The number of aromatic nitrogens is 1. The molecule has 0 aliphatic heterocycles. The largest absolute Gasteiger partial charge is 0.494 e. The third-order valence-electron chi connectivity index (χ3n) is 4.66. The van der Waals surface area contributed by atoms with E-state index in [4.69, 9.17) is 9.72 Å². The van der Waals surface area contributed by atoms with Gasteiger partial charge in [0.05, 0.1) is 17.2 Å². The molecule has 4 rings (SSSR count). The van der Waals surface area contributed by atoms with E-state index in [9.17, 15) is 8.42 Å². The van der Waals surface area contributed by atoms with Crippen molar-refractivity contribution in [1.29, 1.82) is 0 Å². The Kier molecular flexibility index (Phi) is 6.46. The van der Waals surface area contributed by atoms with Crippen molar-refractivity contribution in [3.05, 3.63) is 89.8 Å². The molecule has 0 spiro atoms. The maximum atomic E-state index is 12.6. The summed E-state index contributed by atoms with van der Waals surface area (Å²) in [5.41, 5.74) is 3.83. The molecule has 1 N–H and O–H groups in total. The molecular weight excluding hydrogens is 428 g/mol. The molecule has 0 amide bonds. The molecule has 1 heterocycles. The number of benzene rings is 3. The Balaban J connectivity index is 1.47. The topological polar surface area (TPSA) is 68.3 Å². The predicted molar refractivity (Wildman–Crippen MR) is 125 cm³/mol. The lowest BCUT2D eigenvalue weighted by Gasteiger charge is -2.09. The van der Waals surface area contributed by atoms with Gasteiger partial charge >= 0.3 is 0 Å². The number of thiazole rings is 1. The minimum Gasteiger partial charge on any atom is -0.494 e. The molecule has 7 heteroatoms. The van der Waals surface area contributed by atoms with Gasteiger partial charge in [0, 0.05) is 23.1 Å². The van der Waals surface area contributed by atoms with E-state index in [-0.39, 0.29) is 11.4 Å². The fourth-order valence-electron chi connectivity index (χ4n) is 3.11. The smallest absolute Gasteiger partial charge is 0.240 e. The normalized spacial score (nSPS) is 11.4. The van der Waals surface area contributed by atoms with Gasteiger partial charge in [-0.05, 0) is 42.8 Å². The molecular formula is C24H22N2O3S2. The Morgan fingerprint density at radius 1 is 0.935 bits per heavy atom. The van der Waals surface area contributed by atoms with Gasteiger partial charge in [-0.25, -0.2) is 18.1 Å². The van der Waals surface area contributed by atoms with Crippen molar-refractivity contribution in [3.8, 4) is 27.6 Å². The number of ether oxygens (including phenoxy) is 1. The maximum Gasteiger partial charge on any atom is 0.240 e. The van der Waals surface area contributed by atoms with Crippen molar-refractivity contribution >= 4 is 21.4 Å². The molecule has 0 atom stereocenters. The van der Waals surface area contributed by atoms with Crippen LogP contribution >= 0.6 is 11.3 Å². The molecule has 0 radical (unpaired) electrons. The first-order chi connectivity index (χ1) is 15.0. The fourth-order valence-corrected chi connectivity index (χ4v) is 4.95. The van der Waals surface area contributed by atoms with Crippen molar-refractivity contribution in [2.24, 2.45) is 0 Å². The van der Waals surface area contributed by atoms with Gasteiger partial charge in [0.2, 0.25) is 10.0 Å². The van der Waals surface area contributed by atoms with Gasteiger partial charge in [-0.15, -0.1) is 11.3 Å². The minimum atomic E-state index is -3.62. The number of sulfonamides is 1. The maximum absolute atomic E-state index is 12.6. The predicted octanol–water partition coefficient (Wildman–Crippen LogP) is 5.35. The van der Waals surface area contributed by atoms with Crippen LogP contribution in [0.2, 0.25) is 0 Å². The van der Waals surface area contributed by atoms with Gasteiger partial charge in [0.15, 0.2) is 0 Å². The summed E-state index contributed by atoms with van der Waals surface area (Å²) in [7, 11) is -3.62. The lowest BCUT2D eigenvalue weighted by atomic mass is 10.1. The highest BCUT2D eigenvalue weighted by Gasteiger charge is 2.14. The van der Waals surface area contributed by atoms with Crippen LogP contribution in [-0.4, -0.2) is 20.0 Å². The van der Waals surface area contributed by atoms with Gasteiger partial charge in [0.25, 0.3) is 0 Å². The van der Waals surface area contributed by atoms with Crippen LogP contribution in [0.15, 0.2) is 89.1 Å². The van der Waals surface area contributed by atoms with Crippen molar-refractivity contribution in [3.63, 3.8) is 0 Å². The summed E-state index contributed by atoms with van der Waals surface area (Å²) in [6, 6.07) is 24.2. The molecule has 0 fully saturated rings. The molecule has 0 aliphatic rings. The van der Waals surface area contributed by atoms with E-state index in [1.807, 2.05) is 66.9 Å². The first-order valence-electron chi connectivity index (χ1n) is 9.88. The van der Waals surface area contributed by atoms with Crippen LogP contribution in [-0.2, 0) is 16.6 Å². The Bertz CT molecular complexity index is 1250. The fraction of sp³-hybridized carbons (Fsp3) is 0.125. The minimum absolute atomic E-state index is 0.195. The summed E-state index contributed by atoms with van der Waals surface area (Å²) in [6.07, 6.45) is 0. The number of nitrogens with one attached hydrogen (secondary N) is 1. The number of hydrogen-bond acceptors (Lipinski definition) is 5. The Hall–Kier alpha value is -3.00. The van der Waals surface area contributed by atoms with Crippen molar-refractivity contribution < 1.29 is 13.2 Å². The highest BCUT2D eigenvalue weighted by Crippen LogP contribution is 2.29. The quantitative estimate of drug-likeness (QED) is 0.393. The average molecular weight is 451 g/mol. The van der Waals surface area contributed by atoms with Crippen LogP contribution in [0.4, 0.5) is 0 Å². The van der Waals surface area contributed by atoms with Gasteiger partial charge in [0.1, 0.15) is 10.8 Å². The molecule has 158 valence electrons. The monoisotopic (exact) mass is 450 g/mol. The van der Waals surface area contributed by atoms with Crippen LogP contribution in [0.1, 0.15) is 12.5 Å². The molecule has 0 saturated heterocycles. The molecule has 0 aliphatic carbocycles. The molecule has 4 aromatic rings. The highest BCUT2D eigenvalue weighted by atomic mass is 32.2. The van der Waals surface area contributed by atoms with Crippen LogP contribution < -0.4 is 9.46 Å². The Morgan fingerprint density at radius 2 is 1.68 bits per heavy atom. The molecule has 0 unspecified atom stereocenters. The Labute approximate surface area is 186 Å². The molecule has 0 saturated carbocycles. The summed E-state index contributed by atoms with van der Waals surface area (Å²) in [5.74, 6) is 0.646. The van der Waals surface area contributed by atoms with Gasteiger partial charge in [-0.2, -0.15) is 0 Å². The third-order valence-corrected chi connectivity index (χ3v) is 6.97. The summed E-state index contributed by atoms with van der Waals surface area (Å²) in [5, 5.41) is 2.93. The van der Waals surface area contributed by atoms with Crippen LogP contribution in [0, 0.1) is 0 Å². The molecule has 1 aromatic heterocycles. The summed E-state index contributed by atoms with van der Waals surface area (Å²) in [6.45, 7) is 2.61. The second-order valence-corrected chi connectivity index (χ2v) is 9.46. The second kappa shape index (κ2) is 9.43. The van der Waals surface area contributed by atoms with Gasteiger partial charge < -0.3 is 4.74 Å². The SMILES string of the molecule is CCOc1ccc(S(=O)(=O)NCc2cccc(-c3nc(-c4ccccc4)cs3)c2)cc1. The van der Waals surface area contributed by atoms with Crippen molar-refractivity contribution in [2.75, 3.05) is 6.61 Å². The standard InChI is InChI=1S/C24H22N2O3S2/c1-2-29-21-11-13-22(14-12-21)31(27,28)25-16-18-7-6-10-20(15-18)24-26-23(17-30-24)19-8-4-3-5-9-19/h3-15,17,25H,2,16H2,1H3. The van der Waals surface area contributed by atoms with Crippen molar-refractivity contribution in [1.82, 2.24) is 9.71 Å². The van der Waals surface area contributed by atoms with Crippen molar-refractivity contribution in [2.45, 2.75) is 18.4 Å².